The highest BCUT2D eigenvalue weighted by molar-refractivity contribution is 5.69. The van der Waals surface area contributed by atoms with Gasteiger partial charge in [0, 0.05) is 12.6 Å². The molecule has 0 saturated heterocycles. The number of carbonyl (C=O) groups is 1. The monoisotopic (exact) mass is 201 g/mol. The lowest BCUT2D eigenvalue weighted by Crippen LogP contribution is -2.32. The fourth-order valence-electron chi connectivity index (χ4n) is 1.45. The third kappa shape index (κ3) is 5.97. The van der Waals surface area contributed by atoms with E-state index >= 15 is 0 Å². The SMILES string of the molecule is COC(=O)CCN(C)[C@@H](C)CC(C)C. The predicted molar refractivity (Wildman–Crippen MR) is 58.2 cm³/mol. The van der Waals surface area contributed by atoms with E-state index in [9.17, 15) is 4.79 Å². The lowest BCUT2D eigenvalue weighted by atomic mass is 10.0. The van der Waals surface area contributed by atoms with Gasteiger partial charge < -0.3 is 9.64 Å². The van der Waals surface area contributed by atoms with Gasteiger partial charge in [0.15, 0.2) is 0 Å². The second kappa shape index (κ2) is 6.82. The summed E-state index contributed by atoms with van der Waals surface area (Å²) in [6.45, 7) is 7.40. The molecule has 0 spiro atoms. The maximum atomic E-state index is 10.9. The summed E-state index contributed by atoms with van der Waals surface area (Å²) < 4.78 is 4.60. The summed E-state index contributed by atoms with van der Waals surface area (Å²) in [4.78, 5) is 13.1. The van der Waals surface area contributed by atoms with Gasteiger partial charge in [-0.3, -0.25) is 4.79 Å². The van der Waals surface area contributed by atoms with E-state index in [1.807, 2.05) is 0 Å². The van der Waals surface area contributed by atoms with E-state index in [1.54, 1.807) is 0 Å². The summed E-state index contributed by atoms with van der Waals surface area (Å²) in [5, 5.41) is 0. The third-order valence-electron chi connectivity index (χ3n) is 2.46. The quantitative estimate of drug-likeness (QED) is 0.615. The number of rotatable bonds is 6. The van der Waals surface area contributed by atoms with Crippen LogP contribution in [-0.2, 0) is 9.53 Å². The van der Waals surface area contributed by atoms with Gasteiger partial charge >= 0.3 is 5.97 Å². The molecule has 0 heterocycles. The van der Waals surface area contributed by atoms with Crippen LogP contribution in [0.2, 0.25) is 0 Å². The lowest BCUT2D eigenvalue weighted by molar-refractivity contribution is -0.141. The van der Waals surface area contributed by atoms with E-state index < -0.39 is 0 Å². The molecule has 0 aliphatic carbocycles. The molecule has 0 aliphatic heterocycles. The largest absolute Gasteiger partial charge is 0.469 e. The minimum absolute atomic E-state index is 0.131. The molecule has 3 heteroatoms. The number of hydrogen-bond acceptors (Lipinski definition) is 3. The standard InChI is InChI=1S/C11H23NO2/c1-9(2)8-10(3)12(4)7-6-11(13)14-5/h9-10H,6-8H2,1-5H3/t10-/m0/s1. The summed E-state index contributed by atoms with van der Waals surface area (Å²) >= 11 is 0. The van der Waals surface area contributed by atoms with Crippen molar-refractivity contribution in [2.45, 2.75) is 39.7 Å². The van der Waals surface area contributed by atoms with Gasteiger partial charge in [-0.1, -0.05) is 13.8 Å². The van der Waals surface area contributed by atoms with Crippen LogP contribution < -0.4 is 0 Å². The van der Waals surface area contributed by atoms with Gasteiger partial charge in [0.1, 0.15) is 0 Å². The van der Waals surface area contributed by atoms with Gasteiger partial charge in [-0.05, 0) is 26.3 Å². The van der Waals surface area contributed by atoms with Crippen LogP contribution >= 0.6 is 0 Å². The number of methoxy groups -OCH3 is 1. The van der Waals surface area contributed by atoms with Gasteiger partial charge in [0.05, 0.1) is 13.5 Å². The first-order valence-electron chi connectivity index (χ1n) is 5.24. The number of nitrogens with zero attached hydrogens (tertiary/aromatic N) is 1. The summed E-state index contributed by atoms with van der Waals surface area (Å²) in [6, 6.07) is 0.527. The first-order chi connectivity index (χ1) is 6.47. The second-order valence-corrected chi connectivity index (χ2v) is 4.29. The zero-order valence-electron chi connectivity index (χ0n) is 10.0. The number of hydrogen-bond donors (Lipinski definition) is 0. The van der Waals surface area contributed by atoms with Crippen molar-refractivity contribution in [1.82, 2.24) is 4.90 Å². The molecule has 1 atom stereocenters. The molecule has 0 unspecified atom stereocenters. The summed E-state index contributed by atoms with van der Waals surface area (Å²) in [5.41, 5.74) is 0. The lowest BCUT2D eigenvalue weighted by Gasteiger charge is -2.25. The summed E-state index contributed by atoms with van der Waals surface area (Å²) in [5.74, 6) is 0.569. The molecule has 0 aromatic carbocycles. The van der Waals surface area contributed by atoms with Crippen molar-refractivity contribution in [2.24, 2.45) is 5.92 Å². The van der Waals surface area contributed by atoms with Crippen LogP contribution in [0.1, 0.15) is 33.6 Å². The van der Waals surface area contributed by atoms with Gasteiger partial charge in [0.25, 0.3) is 0 Å². The van der Waals surface area contributed by atoms with E-state index in [0.29, 0.717) is 18.4 Å². The van der Waals surface area contributed by atoms with Crippen molar-refractivity contribution >= 4 is 5.97 Å². The Hall–Kier alpha value is -0.570. The normalized spacial score (nSPS) is 13.4. The van der Waals surface area contributed by atoms with E-state index in [-0.39, 0.29) is 5.97 Å². The maximum Gasteiger partial charge on any atom is 0.306 e. The summed E-state index contributed by atoms with van der Waals surface area (Å²) in [7, 11) is 3.48. The Morgan fingerprint density at radius 1 is 1.36 bits per heavy atom. The van der Waals surface area contributed by atoms with Gasteiger partial charge in [-0.15, -0.1) is 0 Å². The molecule has 0 rings (SSSR count). The fraction of sp³-hybridized carbons (Fsp3) is 0.909. The van der Waals surface area contributed by atoms with Crippen LogP contribution in [0.4, 0.5) is 0 Å². The van der Waals surface area contributed by atoms with Crippen molar-refractivity contribution in [1.29, 1.82) is 0 Å². The molecule has 0 N–H and O–H groups in total. The minimum atomic E-state index is -0.131. The van der Waals surface area contributed by atoms with Gasteiger partial charge in [-0.25, -0.2) is 0 Å². The molecule has 3 nitrogen and oxygen atoms in total. The fourth-order valence-corrected chi connectivity index (χ4v) is 1.45. The molecule has 84 valence electrons. The highest BCUT2D eigenvalue weighted by atomic mass is 16.5. The second-order valence-electron chi connectivity index (χ2n) is 4.29. The van der Waals surface area contributed by atoms with Crippen molar-refractivity contribution in [2.75, 3.05) is 20.7 Å². The summed E-state index contributed by atoms with van der Waals surface area (Å²) in [6.07, 6.45) is 1.65. The van der Waals surface area contributed by atoms with Gasteiger partial charge in [-0.2, -0.15) is 0 Å². The molecule has 0 aromatic rings. The zero-order chi connectivity index (χ0) is 11.1. The maximum absolute atomic E-state index is 10.9. The van der Waals surface area contributed by atoms with Gasteiger partial charge in [0.2, 0.25) is 0 Å². The van der Waals surface area contributed by atoms with Crippen molar-refractivity contribution < 1.29 is 9.53 Å². The molecule has 0 aromatic heterocycles. The molecule has 14 heavy (non-hydrogen) atoms. The van der Waals surface area contributed by atoms with Crippen molar-refractivity contribution in [3.05, 3.63) is 0 Å². The van der Waals surface area contributed by atoms with Crippen molar-refractivity contribution in [3.8, 4) is 0 Å². The van der Waals surface area contributed by atoms with Crippen LogP contribution in [0.5, 0.6) is 0 Å². The zero-order valence-corrected chi connectivity index (χ0v) is 10.0. The molecule has 0 saturated carbocycles. The Labute approximate surface area is 87.4 Å². The molecule has 0 fully saturated rings. The number of esters is 1. The van der Waals surface area contributed by atoms with Crippen LogP contribution in [0, 0.1) is 5.92 Å². The Kier molecular flexibility index (Phi) is 6.54. The Balaban J connectivity index is 3.72. The average Bonchev–Trinajstić information content (AvgIpc) is 2.12. The topological polar surface area (TPSA) is 29.5 Å². The minimum Gasteiger partial charge on any atom is -0.469 e. The molecular weight excluding hydrogens is 178 g/mol. The molecular formula is C11H23NO2. The first kappa shape index (κ1) is 13.4. The van der Waals surface area contributed by atoms with E-state index in [2.05, 4.69) is 37.5 Å². The third-order valence-corrected chi connectivity index (χ3v) is 2.46. The molecule has 0 bridgehead atoms. The number of carbonyl (C=O) groups excluding carboxylic acids is 1. The molecule has 0 aliphatic rings. The highest BCUT2D eigenvalue weighted by Crippen LogP contribution is 2.09. The van der Waals surface area contributed by atoms with Crippen LogP contribution in [0.3, 0.4) is 0 Å². The molecule has 0 radical (unpaired) electrons. The Bertz CT molecular complexity index is 169. The van der Waals surface area contributed by atoms with E-state index in [0.717, 1.165) is 13.0 Å². The Morgan fingerprint density at radius 2 is 1.93 bits per heavy atom. The highest BCUT2D eigenvalue weighted by Gasteiger charge is 2.12. The van der Waals surface area contributed by atoms with Crippen LogP contribution in [0.25, 0.3) is 0 Å². The average molecular weight is 201 g/mol. The number of ether oxygens (including phenoxy) is 1. The van der Waals surface area contributed by atoms with Crippen LogP contribution in [-0.4, -0.2) is 37.6 Å². The van der Waals surface area contributed by atoms with Crippen LogP contribution in [0.15, 0.2) is 0 Å². The smallest absolute Gasteiger partial charge is 0.306 e. The van der Waals surface area contributed by atoms with E-state index in [1.165, 1.54) is 7.11 Å². The van der Waals surface area contributed by atoms with Crippen molar-refractivity contribution in [3.63, 3.8) is 0 Å². The first-order valence-corrected chi connectivity index (χ1v) is 5.24. The molecule has 0 amide bonds. The Morgan fingerprint density at radius 3 is 2.36 bits per heavy atom. The van der Waals surface area contributed by atoms with E-state index in [4.69, 9.17) is 0 Å². The predicted octanol–water partition coefficient (Wildman–Crippen LogP) is 1.92.